The number of carbonyl (C=O) groups excluding carboxylic acids is 3. The van der Waals surface area contributed by atoms with E-state index in [-0.39, 0.29) is 29.9 Å². The lowest BCUT2D eigenvalue weighted by Crippen LogP contribution is -2.42. The third-order valence-electron chi connectivity index (χ3n) is 5.62. The number of hydrogen-bond donors (Lipinski definition) is 1. The van der Waals surface area contributed by atoms with Gasteiger partial charge in [0.1, 0.15) is 5.75 Å². The summed E-state index contributed by atoms with van der Waals surface area (Å²) in [5.74, 6) is 0.485. The first-order valence-electron chi connectivity index (χ1n) is 10.4. The summed E-state index contributed by atoms with van der Waals surface area (Å²) in [6, 6.07) is 13.8. The molecule has 0 bridgehead atoms. The quantitative estimate of drug-likeness (QED) is 0.656. The highest BCUT2D eigenvalue weighted by Crippen LogP contribution is 2.25. The maximum Gasteiger partial charge on any atom is 0.224 e. The molecule has 6 nitrogen and oxygen atoms in total. The lowest BCUT2D eigenvalue weighted by Gasteiger charge is -2.32. The standard InChI is InChI=1S/C24H27ClN2O4/c1-16(28)26-22(17-3-7-20(25)8-4-17)15-23(29)27-13-11-19(12-14-27)24(30)18-5-9-21(31-2)10-6-18/h3-10,19,22H,11-15H2,1-2H3,(H,26,28). The lowest BCUT2D eigenvalue weighted by atomic mass is 9.88. The van der Waals surface area contributed by atoms with Crippen molar-refractivity contribution in [2.75, 3.05) is 20.2 Å². The van der Waals surface area contributed by atoms with Gasteiger partial charge in [-0.25, -0.2) is 0 Å². The van der Waals surface area contributed by atoms with E-state index in [2.05, 4.69) is 5.32 Å². The van der Waals surface area contributed by atoms with E-state index in [1.807, 2.05) is 12.1 Å². The number of nitrogens with zero attached hydrogens (tertiary/aromatic N) is 1. The highest BCUT2D eigenvalue weighted by molar-refractivity contribution is 6.30. The predicted molar refractivity (Wildman–Crippen MR) is 119 cm³/mol. The number of likely N-dealkylation sites (tertiary alicyclic amines) is 1. The van der Waals surface area contributed by atoms with Gasteiger partial charge in [-0.05, 0) is 54.8 Å². The molecule has 2 amide bonds. The summed E-state index contributed by atoms with van der Waals surface area (Å²) in [4.78, 5) is 39.1. The van der Waals surface area contributed by atoms with Crippen molar-refractivity contribution >= 4 is 29.2 Å². The molecule has 7 heteroatoms. The number of halogens is 1. The van der Waals surface area contributed by atoms with Gasteiger partial charge in [0.15, 0.2) is 5.78 Å². The minimum absolute atomic E-state index is 0.0379. The van der Waals surface area contributed by atoms with Crippen LogP contribution in [-0.4, -0.2) is 42.7 Å². The smallest absolute Gasteiger partial charge is 0.224 e. The van der Waals surface area contributed by atoms with Crippen LogP contribution in [0.15, 0.2) is 48.5 Å². The van der Waals surface area contributed by atoms with Crippen LogP contribution >= 0.6 is 11.6 Å². The van der Waals surface area contributed by atoms with Crippen LogP contribution in [0.3, 0.4) is 0 Å². The fourth-order valence-electron chi connectivity index (χ4n) is 3.88. The number of piperidine rings is 1. The molecule has 164 valence electrons. The average Bonchev–Trinajstić information content (AvgIpc) is 2.78. The molecule has 1 aliphatic rings. The first-order valence-corrected chi connectivity index (χ1v) is 10.7. The maximum absolute atomic E-state index is 12.9. The summed E-state index contributed by atoms with van der Waals surface area (Å²) in [5, 5.41) is 3.45. The van der Waals surface area contributed by atoms with Gasteiger partial charge < -0.3 is 15.0 Å². The van der Waals surface area contributed by atoms with Crippen LogP contribution in [0.25, 0.3) is 0 Å². The monoisotopic (exact) mass is 442 g/mol. The second-order valence-electron chi connectivity index (χ2n) is 7.76. The number of hydrogen-bond acceptors (Lipinski definition) is 4. The normalized spacial score (nSPS) is 15.3. The molecule has 1 heterocycles. The molecule has 1 saturated heterocycles. The number of benzene rings is 2. The van der Waals surface area contributed by atoms with E-state index in [0.29, 0.717) is 42.3 Å². The molecule has 1 N–H and O–H groups in total. The van der Waals surface area contributed by atoms with Gasteiger partial charge in [-0.1, -0.05) is 23.7 Å². The SMILES string of the molecule is COc1ccc(C(=O)C2CCN(C(=O)CC(NC(C)=O)c3ccc(Cl)cc3)CC2)cc1. The van der Waals surface area contributed by atoms with Crippen molar-refractivity contribution < 1.29 is 19.1 Å². The molecular weight excluding hydrogens is 416 g/mol. The molecule has 0 aromatic heterocycles. The summed E-state index contributed by atoms with van der Waals surface area (Å²) in [5.41, 5.74) is 1.50. The van der Waals surface area contributed by atoms with Crippen LogP contribution in [0.2, 0.25) is 5.02 Å². The summed E-state index contributed by atoms with van der Waals surface area (Å²) in [7, 11) is 1.59. The van der Waals surface area contributed by atoms with Crippen LogP contribution in [-0.2, 0) is 9.59 Å². The Morgan fingerprint density at radius 2 is 1.68 bits per heavy atom. The van der Waals surface area contributed by atoms with E-state index in [9.17, 15) is 14.4 Å². The molecule has 2 aromatic carbocycles. The number of rotatable bonds is 7. The zero-order valence-electron chi connectivity index (χ0n) is 17.8. The molecule has 0 radical (unpaired) electrons. The Morgan fingerprint density at radius 3 is 2.23 bits per heavy atom. The molecule has 2 aromatic rings. The van der Waals surface area contributed by atoms with E-state index in [4.69, 9.17) is 16.3 Å². The number of ether oxygens (including phenoxy) is 1. The van der Waals surface area contributed by atoms with Crippen molar-refractivity contribution in [2.45, 2.75) is 32.2 Å². The second-order valence-corrected chi connectivity index (χ2v) is 8.19. The summed E-state index contributed by atoms with van der Waals surface area (Å²) in [6.45, 7) is 2.49. The van der Waals surface area contributed by atoms with Gasteiger partial charge in [-0.3, -0.25) is 14.4 Å². The zero-order valence-corrected chi connectivity index (χ0v) is 18.5. The van der Waals surface area contributed by atoms with Crippen molar-refractivity contribution in [1.82, 2.24) is 10.2 Å². The first-order chi connectivity index (χ1) is 14.9. The van der Waals surface area contributed by atoms with Crippen molar-refractivity contribution in [3.8, 4) is 5.75 Å². The van der Waals surface area contributed by atoms with Crippen molar-refractivity contribution in [1.29, 1.82) is 0 Å². The summed E-state index contributed by atoms with van der Waals surface area (Å²) >= 11 is 5.95. The molecule has 0 saturated carbocycles. The van der Waals surface area contributed by atoms with Crippen LogP contribution in [0, 0.1) is 5.92 Å². The van der Waals surface area contributed by atoms with Gasteiger partial charge in [-0.2, -0.15) is 0 Å². The second kappa shape index (κ2) is 10.4. The fraction of sp³-hybridized carbons (Fsp3) is 0.375. The minimum atomic E-state index is -0.416. The highest BCUT2D eigenvalue weighted by Gasteiger charge is 2.29. The van der Waals surface area contributed by atoms with Crippen LogP contribution in [0.1, 0.15) is 48.1 Å². The Labute approximate surface area is 187 Å². The first kappa shape index (κ1) is 22.8. The van der Waals surface area contributed by atoms with E-state index >= 15 is 0 Å². The molecule has 1 fully saturated rings. The maximum atomic E-state index is 12.9. The van der Waals surface area contributed by atoms with Gasteiger partial charge >= 0.3 is 0 Å². The van der Waals surface area contributed by atoms with Crippen LogP contribution in [0.4, 0.5) is 0 Å². The average molecular weight is 443 g/mol. The fourth-order valence-corrected chi connectivity index (χ4v) is 4.00. The largest absolute Gasteiger partial charge is 0.497 e. The third-order valence-corrected chi connectivity index (χ3v) is 5.87. The van der Waals surface area contributed by atoms with Crippen molar-refractivity contribution in [3.05, 3.63) is 64.7 Å². The Morgan fingerprint density at radius 1 is 1.06 bits per heavy atom. The van der Waals surface area contributed by atoms with Crippen molar-refractivity contribution in [2.24, 2.45) is 5.92 Å². The van der Waals surface area contributed by atoms with Gasteiger partial charge in [-0.15, -0.1) is 0 Å². The topological polar surface area (TPSA) is 75.7 Å². The predicted octanol–water partition coefficient (Wildman–Crippen LogP) is 4.04. The van der Waals surface area contributed by atoms with Gasteiger partial charge in [0.2, 0.25) is 11.8 Å². The summed E-state index contributed by atoms with van der Waals surface area (Å²) < 4.78 is 5.14. The number of ketones is 1. The summed E-state index contributed by atoms with van der Waals surface area (Å²) in [6.07, 6.45) is 1.42. The van der Waals surface area contributed by atoms with E-state index in [1.54, 1.807) is 48.4 Å². The molecule has 1 aliphatic heterocycles. The highest BCUT2D eigenvalue weighted by atomic mass is 35.5. The minimum Gasteiger partial charge on any atom is -0.497 e. The van der Waals surface area contributed by atoms with E-state index < -0.39 is 6.04 Å². The Kier molecular flexibility index (Phi) is 7.69. The molecule has 3 rings (SSSR count). The number of methoxy groups -OCH3 is 1. The van der Waals surface area contributed by atoms with E-state index in [1.165, 1.54) is 6.92 Å². The molecule has 0 spiro atoms. The molecular formula is C24H27ClN2O4. The van der Waals surface area contributed by atoms with Crippen molar-refractivity contribution in [3.63, 3.8) is 0 Å². The molecule has 31 heavy (non-hydrogen) atoms. The Balaban J connectivity index is 1.58. The molecule has 1 atom stereocenters. The third kappa shape index (κ3) is 6.07. The lowest BCUT2D eigenvalue weighted by molar-refractivity contribution is -0.133. The Bertz CT molecular complexity index is 920. The van der Waals surface area contributed by atoms with Crippen LogP contribution < -0.4 is 10.1 Å². The van der Waals surface area contributed by atoms with Gasteiger partial charge in [0.05, 0.1) is 19.6 Å². The molecule has 1 unspecified atom stereocenters. The number of Topliss-reactive ketones (excluding diaryl/α,β-unsaturated/α-hetero) is 1. The number of carbonyl (C=O) groups is 3. The van der Waals surface area contributed by atoms with Crippen LogP contribution in [0.5, 0.6) is 5.75 Å². The zero-order chi connectivity index (χ0) is 22.4. The van der Waals surface area contributed by atoms with Gasteiger partial charge in [0.25, 0.3) is 0 Å². The number of amides is 2. The van der Waals surface area contributed by atoms with Gasteiger partial charge in [0, 0.05) is 36.5 Å². The molecule has 0 aliphatic carbocycles. The Hall–Kier alpha value is -2.86. The van der Waals surface area contributed by atoms with E-state index in [0.717, 1.165) is 5.56 Å². The number of nitrogens with one attached hydrogen (secondary N) is 1.